The van der Waals surface area contributed by atoms with Gasteiger partial charge in [0.05, 0.1) is 0 Å². The topological polar surface area (TPSA) is 56.2 Å². The number of aromatic amines is 1. The lowest BCUT2D eigenvalue weighted by Crippen LogP contribution is -1.77. The van der Waals surface area contributed by atoms with Gasteiger partial charge in [-0.2, -0.15) is 0 Å². The van der Waals surface area contributed by atoms with E-state index < -0.39 is 0 Å². The molecule has 3 N–H and O–H groups in total. The summed E-state index contributed by atoms with van der Waals surface area (Å²) in [5.41, 5.74) is 2.52. The minimum atomic E-state index is -0.104. The molecule has 3 rings (SSSR count). The van der Waals surface area contributed by atoms with Gasteiger partial charge >= 0.3 is 0 Å². The van der Waals surface area contributed by atoms with Gasteiger partial charge in [0, 0.05) is 28.2 Å². The molecule has 0 aliphatic rings. The first-order valence-electron chi connectivity index (χ1n) is 5.35. The SMILES string of the molecule is Oc1cccc(-c2c[nH]c3ccccc23)c1O. The van der Waals surface area contributed by atoms with E-state index in [4.69, 9.17) is 0 Å². The lowest BCUT2D eigenvalue weighted by molar-refractivity contribution is 0.405. The fourth-order valence-corrected chi connectivity index (χ4v) is 2.04. The van der Waals surface area contributed by atoms with Crippen molar-refractivity contribution in [2.45, 2.75) is 0 Å². The molecule has 0 saturated carbocycles. The van der Waals surface area contributed by atoms with Crippen molar-refractivity contribution in [2.24, 2.45) is 0 Å². The summed E-state index contributed by atoms with van der Waals surface area (Å²) in [7, 11) is 0. The molecule has 3 heteroatoms. The van der Waals surface area contributed by atoms with Crippen LogP contribution in [0.15, 0.2) is 48.7 Å². The van der Waals surface area contributed by atoms with E-state index in [0.29, 0.717) is 5.56 Å². The molecule has 3 nitrogen and oxygen atoms in total. The minimum absolute atomic E-state index is 0.0859. The number of aromatic hydroxyl groups is 2. The fraction of sp³-hybridized carbons (Fsp3) is 0. The number of phenols is 2. The molecule has 3 aromatic rings. The van der Waals surface area contributed by atoms with Crippen molar-refractivity contribution in [3.63, 3.8) is 0 Å². The van der Waals surface area contributed by atoms with Gasteiger partial charge in [-0.1, -0.05) is 30.3 Å². The molecule has 1 heterocycles. The van der Waals surface area contributed by atoms with Crippen molar-refractivity contribution in [1.29, 1.82) is 0 Å². The van der Waals surface area contributed by atoms with E-state index in [2.05, 4.69) is 4.98 Å². The molecule has 0 radical (unpaired) electrons. The molecule has 84 valence electrons. The van der Waals surface area contributed by atoms with Crippen LogP contribution in [0.25, 0.3) is 22.0 Å². The Morgan fingerprint density at radius 1 is 0.824 bits per heavy atom. The maximum atomic E-state index is 9.86. The van der Waals surface area contributed by atoms with E-state index in [1.807, 2.05) is 30.5 Å². The summed E-state index contributed by atoms with van der Waals surface area (Å²) in [6.45, 7) is 0. The summed E-state index contributed by atoms with van der Waals surface area (Å²) >= 11 is 0. The molecule has 2 aromatic carbocycles. The number of hydrogen-bond acceptors (Lipinski definition) is 2. The molecule has 0 unspecified atom stereocenters. The van der Waals surface area contributed by atoms with Gasteiger partial charge in [-0.3, -0.25) is 0 Å². The molecule has 0 spiro atoms. The van der Waals surface area contributed by atoms with Crippen molar-refractivity contribution in [3.8, 4) is 22.6 Å². The Balaban J connectivity index is 2.31. The van der Waals surface area contributed by atoms with Crippen LogP contribution in [0.1, 0.15) is 0 Å². The summed E-state index contributed by atoms with van der Waals surface area (Å²) in [6, 6.07) is 12.8. The minimum Gasteiger partial charge on any atom is -0.504 e. The molecule has 0 aliphatic carbocycles. The molecule has 0 fully saturated rings. The highest BCUT2D eigenvalue weighted by Crippen LogP contribution is 2.39. The number of phenolic OH excluding ortho intramolecular Hbond substituents is 2. The van der Waals surface area contributed by atoms with E-state index in [9.17, 15) is 10.2 Å². The summed E-state index contributed by atoms with van der Waals surface area (Å²) < 4.78 is 0. The molecule has 0 aliphatic heterocycles. The first-order valence-corrected chi connectivity index (χ1v) is 5.35. The second-order valence-corrected chi connectivity index (χ2v) is 3.92. The van der Waals surface area contributed by atoms with E-state index >= 15 is 0 Å². The molecule has 0 bridgehead atoms. The highest BCUT2D eigenvalue weighted by Gasteiger charge is 2.11. The van der Waals surface area contributed by atoms with Crippen LogP contribution in [0.4, 0.5) is 0 Å². The van der Waals surface area contributed by atoms with Gasteiger partial charge < -0.3 is 15.2 Å². The third-order valence-corrected chi connectivity index (χ3v) is 2.89. The first-order chi connectivity index (χ1) is 8.27. The van der Waals surface area contributed by atoms with Gasteiger partial charge in [-0.15, -0.1) is 0 Å². The van der Waals surface area contributed by atoms with Crippen LogP contribution in [-0.4, -0.2) is 15.2 Å². The number of H-pyrrole nitrogens is 1. The Morgan fingerprint density at radius 2 is 1.65 bits per heavy atom. The van der Waals surface area contributed by atoms with Crippen molar-refractivity contribution in [2.75, 3.05) is 0 Å². The van der Waals surface area contributed by atoms with Crippen LogP contribution in [-0.2, 0) is 0 Å². The highest BCUT2D eigenvalue weighted by atomic mass is 16.3. The third kappa shape index (κ3) is 1.44. The molecule has 0 saturated heterocycles. The van der Waals surface area contributed by atoms with Crippen LogP contribution >= 0.6 is 0 Å². The van der Waals surface area contributed by atoms with E-state index in [1.165, 1.54) is 6.07 Å². The number of rotatable bonds is 1. The predicted molar refractivity (Wildman–Crippen MR) is 67.1 cm³/mol. The van der Waals surface area contributed by atoms with Gasteiger partial charge in [0.1, 0.15) is 0 Å². The number of fused-ring (bicyclic) bond motifs is 1. The van der Waals surface area contributed by atoms with Crippen LogP contribution in [0.5, 0.6) is 11.5 Å². The van der Waals surface area contributed by atoms with Crippen molar-refractivity contribution >= 4 is 10.9 Å². The standard InChI is InChI=1S/C14H11NO2/c16-13-7-3-5-10(14(13)17)11-8-15-12-6-2-1-4-9(11)12/h1-8,15-17H. The van der Waals surface area contributed by atoms with E-state index in [-0.39, 0.29) is 11.5 Å². The number of hydrogen-bond donors (Lipinski definition) is 3. The lowest BCUT2D eigenvalue weighted by Gasteiger charge is -2.04. The fourth-order valence-electron chi connectivity index (χ4n) is 2.04. The Bertz CT molecular complexity index is 686. The lowest BCUT2D eigenvalue weighted by atomic mass is 10.0. The highest BCUT2D eigenvalue weighted by molar-refractivity contribution is 5.97. The average Bonchev–Trinajstić information content (AvgIpc) is 2.77. The van der Waals surface area contributed by atoms with Gasteiger partial charge in [0.15, 0.2) is 11.5 Å². The van der Waals surface area contributed by atoms with Gasteiger partial charge in [-0.25, -0.2) is 0 Å². The van der Waals surface area contributed by atoms with Gasteiger partial charge in [0.25, 0.3) is 0 Å². The zero-order chi connectivity index (χ0) is 11.8. The molecule has 17 heavy (non-hydrogen) atoms. The Morgan fingerprint density at radius 3 is 2.53 bits per heavy atom. The molecule has 1 aromatic heterocycles. The smallest absolute Gasteiger partial charge is 0.165 e. The molecule has 0 atom stereocenters. The molecule has 0 amide bonds. The Labute approximate surface area is 98.0 Å². The van der Waals surface area contributed by atoms with Crippen LogP contribution in [0, 0.1) is 0 Å². The molecular weight excluding hydrogens is 214 g/mol. The van der Waals surface area contributed by atoms with E-state index in [0.717, 1.165) is 16.5 Å². The van der Waals surface area contributed by atoms with Gasteiger partial charge in [0.2, 0.25) is 0 Å². The maximum Gasteiger partial charge on any atom is 0.165 e. The number of para-hydroxylation sites is 2. The average molecular weight is 225 g/mol. The molecular formula is C14H11NO2. The summed E-state index contributed by atoms with van der Waals surface area (Å²) in [6.07, 6.45) is 1.83. The Hall–Kier alpha value is -2.42. The summed E-state index contributed by atoms with van der Waals surface area (Å²) in [5.74, 6) is -0.190. The number of aromatic nitrogens is 1. The normalized spacial score (nSPS) is 10.8. The number of nitrogens with one attached hydrogen (secondary N) is 1. The first kappa shape index (κ1) is 9.78. The largest absolute Gasteiger partial charge is 0.504 e. The third-order valence-electron chi connectivity index (χ3n) is 2.89. The zero-order valence-corrected chi connectivity index (χ0v) is 9.01. The van der Waals surface area contributed by atoms with Crippen LogP contribution in [0.3, 0.4) is 0 Å². The summed E-state index contributed by atoms with van der Waals surface area (Å²) in [5, 5.41) is 20.4. The van der Waals surface area contributed by atoms with Crippen LogP contribution in [0.2, 0.25) is 0 Å². The zero-order valence-electron chi connectivity index (χ0n) is 9.01. The van der Waals surface area contributed by atoms with Crippen molar-refractivity contribution < 1.29 is 10.2 Å². The van der Waals surface area contributed by atoms with E-state index in [1.54, 1.807) is 12.1 Å². The van der Waals surface area contributed by atoms with Gasteiger partial charge in [-0.05, 0) is 12.1 Å². The van der Waals surface area contributed by atoms with Crippen LogP contribution < -0.4 is 0 Å². The quantitative estimate of drug-likeness (QED) is 0.557. The summed E-state index contributed by atoms with van der Waals surface area (Å²) in [4.78, 5) is 3.14. The van der Waals surface area contributed by atoms with Crippen molar-refractivity contribution in [1.82, 2.24) is 4.98 Å². The Kier molecular flexibility index (Phi) is 2.05. The van der Waals surface area contributed by atoms with Crippen molar-refractivity contribution in [3.05, 3.63) is 48.7 Å². The monoisotopic (exact) mass is 225 g/mol. The number of benzene rings is 2. The predicted octanol–water partition coefficient (Wildman–Crippen LogP) is 3.25. The second-order valence-electron chi connectivity index (χ2n) is 3.92. The maximum absolute atomic E-state index is 9.86. The second kappa shape index (κ2) is 3.56.